The standard InChI is InChI=1S/C17H14Cl2FNO4/c18-13-11-5-6-21(7-12(11)14(19)16(23)15(13)22)17(24)25-8-9-1-3-10(20)4-2-9/h1-4,22-23H,5-8H2. The van der Waals surface area contributed by atoms with Crippen LogP contribution in [0.1, 0.15) is 16.7 Å². The summed E-state index contributed by atoms with van der Waals surface area (Å²) < 4.78 is 18.1. The predicted octanol–water partition coefficient (Wildman–Crippen LogP) is 4.24. The lowest BCUT2D eigenvalue weighted by atomic mass is 9.98. The van der Waals surface area contributed by atoms with Crippen LogP contribution in [0.5, 0.6) is 11.5 Å². The second-order valence-corrected chi connectivity index (χ2v) is 6.39. The molecule has 0 radical (unpaired) electrons. The third-order valence-electron chi connectivity index (χ3n) is 4.05. The number of hydrogen-bond acceptors (Lipinski definition) is 4. The van der Waals surface area contributed by atoms with Crippen LogP contribution < -0.4 is 0 Å². The van der Waals surface area contributed by atoms with E-state index in [2.05, 4.69) is 0 Å². The number of hydrogen-bond donors (Lipinski definition) is 2. The third-order valence-corrected chi connectivity index (χ3v) is 4.86. The number of carbonyl (C=O) groups is 1. The normalized spacial score (nSPS) is 13.5. The lowest BCUT2D eigenvalue weighted by molar-refractivity contribution is 0.0918. The van der Waals surface area contributed by atoms with E-state index >= 15 is 0 Å². The summed E-state index contributed by atoms with van der Waals surface area (Å²) in [5.74, 6) is -1.33. The summed E-state index contributed by atoms with van der Waals surface area (Å²) in [7, 11) is 0. The number of phenols is 2. The molecule has 2 N–H and O–H groups in total. The summed E-state index contributed by atoms with van der Waals surface area (Å²) in [6, 6.07) is 5.64. The van der Waals surface area contributed by atoms with Gasteiger partial charge in [-0.25, -0.2) is 9.18 Å². The van der Waals surface area contributed by atoms with E-state index in [4.69, 9.17) is 27.9 Å². The molecule has 1 aliphatic rings. The molecule has 0 saturated carbocycles. The second kappa shape index (κ2) is 6.98. The SMILES string of the molecule is O=C(OCc1ccc(F)cc1)N1CCc2c(Cl)c(O)c(O)c(Cl)c2C1. The van der Waals surface area contributed by atoms with Gasteiger partial charge in [-0.05, 0) is 35.2 Å². The van der Waals surface area contributed by atoms with Crippen LogP contribution in [0.25, 0.3) is 0 Å². The Morgan fingerprint density at radius 3 is 2.36 bits per heavy atom. The highest BCUT2D eigenvalue weighted by molar-refractivity contribution is 6.36. The van der Waals surface area contributed by atoms with Crippen LogP contribution in [0.15, 0.2) is 24.3 Å². The molecule has 3 rings (SSSR count). The number of amides is 1. The molecule has 132 valence electrons. The van der Waals surface area contributed by atoms with Crippen molar-refractivity contribution in [3.8, 4) is 11.5 Å². The number of ether oxygens (including phenoxy) is 1. The van der Waals surface area contributed by atoms with E-state index in [0.29, 0.717) is 29.7 Å². The summed E-state index contributed by atoms with van der Waals surface area (Å²) in [6.45, 7) is 0.442. The molecule has 2 aromatic carbocycles. The van der Waals surface area contributed by atoms with Gasteiger partial charge in [0, 0.05) is 6.54 Å². The summed E-state index contributed by atoms with van der Waals surface area (Å²) in [5, 5.41) is 19.6. The fourth-order valence-electron chi connectivity index (χ4n) is 2.67. The van der Waals surface area contributed by atoms with Crippen LogP contribution in [-0.4, -0.2) is 27.8 Å². The Labute approximate surface area is 153 Å². The Balaban J connectivity index is 1.72. The molecule has 0 atom stereocenters. The lowest BCUT2D eigenvalue weighted by Gasteiger charge is -2.30. The molecule has 0 bridgehead atoms. The van der Waals surface area contributed by atoms with Crippen molar-refractivity contribution in [2.45, 2.75) is 19.6 Å². The molecule has 0 aliphatic carbocycles. The number of nitrogens with zero attached hydrogens (tertiary/aromatic N) is 1. The van der Waals surface area contributed by atoms with Gasteiger partial charge in [-0.2, -0.15) is 0 Å². The molecule has 0 aromatic heterocycles. The van der Waals surface area contributed by atoms with Crippen molar-refractivity contribution in [3.05, 3.63) is 56.8 Å². The van der Waals surface area contributed by atoms with Gasteiger partial charge in [0.25, 0.3) is 0 Å². The van der Waals surface area contributed by atoms with Crippen LogP contribution in [-0.2, 0) is 24.3 Å². The highest BCUT2D eigenvalue weighted by Crippen LogP contribution is 2.46. The average molecular weight is 386 g/mol. The minimum absolute atomic E-state index is 0.0117. The Bertz CT molecular complexity index is 827. The first-order valence-corrected chi connectivity index (χ1v) is 8.21. The van der Waals surface area contributed by atoms with E-state index in [1.165, 1.54) is 29.2 Å². The van der Waals surface area contributed by atoms with Crippen molar-refractivity contribution >= 4 is 29.3 Å². The average Bonchev–Trinajstić information content (AvgIpc) is 2.63. The quantitative estimate of drug-likeness (QED) is 0.758. The van der Waals surface area contributed by atoms with Gasteiger partial charge in [-0.15, -0.1) is 0 Å². The number of benzene rings is 2. The van der Waals surface area contributed by atoms with Crippen LogP contribution in [0.4, 0.5) is 9.18 Å². The molecule has 1 aliphatic heterocycles. The van der Waals surface area contributed by atoms with Crippen molar-refractivity contribution in [1.29, 1.82) is 0 Å². The van der Waals surface area contributed by atoms with Gasteiger partial charge in [0.15, 0.2) is 11.5 Å². The first kappa shape index (κ1) is 17.6. The van der Waals surface area contributed by atoms with E-state index in [-0.39, 0.29) is 29.0 Å². The first-order chi connectivity index (χ1) is 11.9. The van der Waals surface area contributed by atoms with Gasteiger partial charge in [0.2, 0.25) is 0 Å². The van der Waals surface area contributed by atoms with Gasteiger partial charge < -0.3 is 19.8 Å². The third kappa shape index (κ3) is 3.45. The summed E-state index contributed by atoms with van der Waals surface area (Å²) in [4.78, 5) is 13.7. The van der Waals surface area contributed by atoms with Gasteiger partial charge in [-0.3, -0.25) is 0 Å². The van der Waals surface area contributed by atoms with E-state index in [0.717, 1.165) is 0 Å². The summed E-state index contributed by atoms with van der Waals surface area (Å²) in [5.41, 5.74) is 1.74. The maximum absolute atomic E-state index is 12.9. The van der Waals surface area contributed by atoms with Crippen LogP contribution in [0.3, 0.4) is 0 Å². The fraction of sp³-hybridized carbons (Fsp3) is 0.235. The van der Waals surface area contributed by atoms with Crippen molar-refractivity contribution in [3.63, 3.8) is 0 Å². The molecule has 0 saturated heterocycles. The van der Waals surface area contributed by atoms with Crippen molar-refractivity contribution in [1.82, 2.24) is 4.90 Å². The van der Waals surface area contributed by atoms with Crippen LogP contribution >= 0.6 is 23.2 Å². The lowest BCUT2D eigenvalue weighted by Crippen LogP contribution is -2.36. The number of phenolic OH excluding ortho intramolecular Hbond substituents is 2. The largest absolute Gasteiger partial charge is 0.503 e. The van der Waals surface area contributed by atoms with Crippen molar-refractivity contribution < 1.29 is 24.1 Å². The van der Waals surface area contributed by atoms with Crippen molar-refractivity contribution in [2.75, 3.05) is 6.54 Å². The van der Waals surface area contributed by atoms with Gasteiger partial charge in [-0.1, -0.05) is 35.3 Å². The number of aromatic hydroxyl groups is 2. The second-order valence-electron chi connectivity index (χ2n) is 5.63. The van der Waals surface area contributed by atoms with Gasteiger partial charge in [0.1, 0.15) is 12.4 Å². The number of carbonyl (C=O) groups excluding carboxylic acids is 1. The minimum Gasteiger partial charge on any atom is -0.503 e. The summed E-state index contributed by atoms with van der Waals surface area (Å²) >= 11 is 12.1. The van der Waals surface area contributed by atoms with Crippen LogP contribution in [0, 0.1) is 5.82 Å². The maximum Gasteiger partial charge on any atom is 0.410 e. The molecule has 5 nitrogen and oxygen atoms in total. The first-order valence-electron chi connectivity index (χ1n) is 7.45. The van der Waals surface area contributed by atoms with Crippen LogP contribution in [0.2, 0.25) is 10.0 Å². The number of halogens is 3. The fourth-order valence-corrected chi connectivity index (χ4v) is 3.24. The minimum atomic E-state index is -0.560. The Morgan fingerprint density at radius 2 is 1.72 bits per heavy atom. The monoisotopic (exact) mass is 385 g/mol. The molecule has 0 spiro atoms. The van der Waals surface area contributed by atoms with E-state index in [1.807, 2.05) is 0 Å². The number of rotatable bonds is 2. The van der Waals surface area contributed by atoms with Gasteiger partial charge >= 0.3 is 6.09 Å². The van der Waals surface area contributed by atoms with Crippen molar-refractivity contribution in [2.24, 2.45) is 0 Å². The molecule has 8 heteroatoms. The topological polar surface area (TPSA) is 70.0 Å². The molecule has 0 fully saturated rings. The zero-order valence-corrected chi connectivity index (χ0v) is 14.4. The summed E-state index contributed by atoms with van der Waals surface area (Å²) in [6.07, 6.45) is -0.192. The molecule has 25 heavy (non-hydrogen) atoms. The van der Waals surface area contributed by atoms with Gasteiger partial charge in [0.05, 0.1) is 16.6 Å². The Kier molecular flexibility index (Phi) is 4.92. The molecule has 0 unspecified atom stereocenters. The number of fused-ring (bicyclic) bond motifs is 1. The Morgan fingerprint density at radius 1 is 1.12 bits per heavy atom. The zero-order valence-electron chi connectivity index (χ0n) is 12.9. The van der Waals surface area contributed by atoms with E-state index < -0.39 is 17.6 Å². The van der Waals surface area contributed by atoms with E-state index in [1.54, 1.807) is 0 Å². The predicted molar refractivity (Wildman–Crippen MR) is 90.5 cm³/mol. The Hall–Kier alpha value is -2.18. The smallest absolute Gasteiger partial charge is 0.410 e. The molecular weight excluding hydrogens is 372 g/mol. The van der Waals surface area contributed by atoms with E-state index in [9.17, 15) is 19.4 Å². The maximum atomic E-state index is 12.9. The molecule has 1 amide bonds. The highest BCUT2D eigenvalue weighted by atomic mass is 35.5. The molecule has 1 heterocycles. The zero-order chi connectivity index (χ0) is 18.1. The molecule has 2 aromatic rings. The molecular formula is C17H14Cl2FNO4. The highest BCUT2D eigenvalue weighted by Gasteiger charge is 2.29.